The van der Waals surface area contributed by atoms with Crippen LogP contribution < -0.4 is 27.2 Å². The van der Waals surface area contributed by atoms with Gasteiger partial charge < -0.3 is 36.7 Å². The molecule has 0 aliphatic heterocycles. The Kier molecular flexibility index (Phi) is 13.2. The van der Waals surface area contributed by atoms with Gasteiger partial charge in [0, 0.05) is 13.1 Å². The lowest BCUT2D eigenvalue weighted by Gasteiger charge is -2.13. The number of aliphatic carboxylic acids is 1. The zero-order valence-electron chi connectivity index (χ0n) is 19.8. The van der Waals surface area contributed by atoms with E-state index in [4.69, 9.17) is 26.1 Å². The van der Waals surface area contributed by atoms with Crippen LogP contribution in [0.3, 0.4) is 0 Å². The van der Waals surface area contributed by atoms with Gasteiger partial charge in [-0.25, -0.2) is 4.79 Å². The number of hydrogen-bond donors (Lipinski definition) is 4. The first kappa shape index (κ1) is 30.9. The lowest BCUT2D eigenvalue weighted by molar-refractivity contribution is -0.344. The number of primary amides is 1. The third-order valence-corrected chi connectivity index (χ3v) is 4.61. The fraction of sp³-hybridized carbons (Fsp3) is 0.333. The third-order valence-electron chi connectivity index (χ3n) is 4.61. The Morgan fingerprint density at radius 3 is 2.03 bits per heavy atom. The van der Waals surface area contributed by atoms with Gasteiger partial charge in [-0.05, 0) is 29.5 Å². The molecule has 6 N–H and O–H groups in total. The predicted octanol–water partition coefficient (Wildman–Crippen LogP) is 0.663. The molecule has 3 amide bonds. The van der Waals surface area contributed by atoms with Gasteiger partial charge in [0.2, 0.25) is 11.8 Å². The number of carboxylic acids is 1. The van der Waals surface area contributed by atoms with Crippen molar-refractivity contribution in [2.75, 3.05) is 6.54 Å². The molecule has 10 nitrogen and oxygen atoms in total. The van der Waals surface area contributed by atoms with Crippen molar-refractivity contribution in [3.8, 4) is 0 Å². The van der Waals surface area contributed by atoms with Crippen LogP contribution in [0.4, 0.5) is 18.0 Å². The Hall–Kier alpha value is -4.13. The standard InChI is InChI=1S/C22H28N4O4.C2HF3O2/c23-19(7-4-12-25-22(29)30-15-18-5-2-1-3-6-18)21(28)26-14-17-10-8-16(9-11-17)13-20(24)27;3-2(4,5)1(6)7/h1-3,5-6,8-11,19H,4,7,12-15,23H2,(H2,24,27)(H,25,29)(H,26,28);(H,6,7)/p-1/t19-;/m1./s1. The maximum Gasteiger partial charge on any atom is 0.430 e. The Labute approximate surface area is 211 Å². The summed E-state index contributed by atoms with van der Waals surface area (Å²) >= 11 is 0. The molecule has 202 valence electrons. The molecule has 0 radical (unpaired) electrons. The number of nitrogens with two attached hydrogens (primary N) is 2. The summed E-state index contributed by atoms with van der Waals surface area (Å²) in [4.78, 5) is 43.5. The van der Waals surface area contributed by atoms with Gasteiger partial charge in [-0.1, -0.05) is 54.6 Å². The SMILES string of the molecule is NC(=O)Cc1ccc(CNC(=O)[C@H](N)CCCNC(=O)OCc2ccccc2)cc1.O=C([O-])C(F)(F)F. The highest BCUT2D eigenvalue weighted by molar-refractivity contribution is 5.81. The number of alkyl halides is 3. The van der Waals surface area contributed by atoms with Gasteiger partial charge in [0.1, 0.15) is 12.6 Å². The van der Waals surface area contributed by atoms with Crippen LogP contribution in [0.1, 0.15) is 29.5 Å². The minimum Gasteiger partial charge on any atom is -0.542 e. The van der Waals surface area contributed by atoms with Gasteiger partial charge in [-0.3, -0.25) is 9.59 Å². The topological polar surface area (TPSA) is 177 Å². The quantitative estimate of drug-likeness (QED) is 0.312. The van der Waals surface area contributed by atoms with E-state index in [1.165, 1.54) is 0 Å². The van der Waals surface area contributed by atoms with Gasteiger partial charge in [0.25, 0.3) is 0 Å². The predicted molar refractivity (Wildman–Crippen MR) is 124 cm³/mol. The highest BCUT2D eigenvalue weighted by Crippen LogP contribution is 2.11. The zero-order valence-corrected chi connectivity index (χ0v) is 19.8. The van der Waals surface area contributed by atoms with Gasteiger partial charge >= 0.3 is 12.3 Å². The summed E-state index contributed by atoms with van der Waals surface area (Å²) in [6.45, 7) is 0.918. The molecule has 0 unspecified atom stereocenters. The highest BCUT2D eigenvalue weighted by atomic mass is 19.4. The van der Waals surface area contributed by atoms with Crippen LogP contribution in [0.15, 0.2) is 54.6 Å². The minimum atomic E-state index is -5.19. The van der Waals surface area contributed by atoms with Crippen LogP contribution in [0.2, 0.25) is 0 Å². The summed E-state index contributed by atoms with van der Waals surface area (Å²) in [5.41, 5.74) is 13.7. The molecular weight excluding hydrogens is 497 g/mol. The van der Waals surface area contributed by atoms with Crippen LogP contribution in [0.25, 0.3) is 0 Å². The first-order valence-electron chi connectivity index (χ1n) is 11.0. The van der Waals surface area contributed by atoms with E-state index < -0.39 is 24.3 Å². The lowest BCUT2D eigenvalue weighted by atomic mass is 10.1. The van der Waals surface area contributed by atoms with Crippen LogP contribution in [-0.2, 0) is 38.7 Å². The second-order valence-corrected chi connectivity index (χ2v) is 7.70. The fourth-order valence-electron chi connectivity index (χ4n) is 2.71. The van der Waals surface area contributed by atoms with E-state index in [9.17, 15) is 27.6 Å². The van der Waals surface area contributed by atoms with E-state index in [1.54, 1.807) is 12.1 Å². The first-order valence-corrected chi connectivity index (χ1v) is 11.0. The molecular formula is C24H28F3N4O6-. The molecule has 0 spiro atoms. The Balaban J connectivity index is 0.000000856. The van der Waals surface area contributed by atoms with Gasteiger partial charge in [-0.15, -0.1) is 0 Å². The van der Waals surface area contributed by atoms with Gasteiger partial charge in [-0.2, -0.15) is 13.2 Å². The van der Waals surface area contributed by atoms with Crippen LogP contribution >= 0.6 is 0 Å². The summed E-state index contributed by atoms with van der Waals surface area (Å²) in [7, 11) is 0. The monoisotopic (exact) mass is 525 g/mol. The highest BCUT2D eigenvalue weighted by Gasteiger charge is 2.28. The molecule has 2 rings (SSSR count). The van der Waals surface area contributed by atoms with Crippen molar-refractivity contribution in [1.29, 1.82) is 0 Å². The molecule has 0 aromatic heterocycles. The van der Waals surface area contributed by atoms with Crippen LogP contribution in [0, 0.1) is 0 Å². The molecule has 0 saturated heterocycles. The Morgan fingerprint density at radius 2 is 1.49 bits per heavy atom. The Morgan fingerprint density at radius 1 is 0.919 bits per heavy atom. The molecule has 2 aromatic rings. The van der Waals surface area contributed by atoms with Crippen molar-refractivity contribution >= 4 is 23.9 Å². The normalized spacial score (nSPS) is 11.4. The number of amides is 3. The van der Waals surface area contributed by atoms with E-state index in [1.807, 2.05) is 42.5 Å². The van der Waals surface area contributed by atoms with E-state index in [2.05, 4.69) is 10.6 Å². The molecule has 0 aliphatic rings. The van der Waals surface area contributed by atoms with E-state index in [0.717, 1.165) is 16.7 Å². The number of rotatable bonds is 11. The molecule has 0 saturated carbocycles. The van der Waals surface area contributed by atoms with Crippen LogP contribution in [0.5, 0.6) is 0 Å². The smallest absolute Gasteiger partial charge is 0.430 e. The van der Waals surface area contributed by atoms with E-state index in [0.29, 0.717) is 25.9 Å². The summed E-state index contributed by atoms with van der Waals surface area (Å²) in [5.74, 6) is -3.66. The summed E-state index contributed by atoms with van der Waals surface area (Å²) in [6.07, 6.45) is -4.53. The zero-order chi connectivity index (χ0) is 27.8. The maximum atomic E-state index is 12.1. The van der Waals surface area contributed by atoms with E-state index >= 15 is 0 Å². The van der Waals surface area contributed by atoms with Gasteiger partial charge in [0.15, 0.2) is 0 Å². The van der Waals surface area contributed by atoms with Crippen LogP contribution in [-0.4, -0.2) is 42.6 Å². The number of nitrogens with one attached hydrogen (secondary N) is 2. The number of halogens is 3. The van der Waals surface area contributed by atoms with Crippen molar-refractivity contribution in [2.24, 2.45) is 11.5 Å². The number of hydrogen-bond acceptors (Lipinski definition) is 7. The Bertz CT molecular complexity index is 1020. The molecule has 37 heavy (non-hydrogen) atoms. The summed E-state index contributed by atoms with van der Waals surface area (Å²) in [5, 5.41) is 14.2. The van der Waals surface area contributed by atoms with Crippen molar-refractivity contribution in [2.45, 2.75) is 44.6 Å². The number of benzene rings is 2. The number of carbonyl (C=O) groups excluding carboxylic acids is 4. The average Bonchev–Trinajstić information content (AvgIpc) is 2.84. The third kappa shape index (κ3) is 14.1. The van der Waals surface area contributed by atoms with Crippen molar-refractivity contribution in [3.63, 3.8) is 0 Å². The molecule has 13 heteroatoms. The molecule has 1 atom stereocenters. The van der Waals surface area contributed by atoms with Crippen molar-refractivity contribution < 1.29 is 42.2 Å². The molecule has 0 fully saturated rings. The minimum absolute atomic E-state index is 0.186. The van der Waals surface area contributed by atoms with Gasteiger partial charge in [0.05, 0.1) is 12.5 Å². The number of ether oxygens (including phenoxy) is 1. The average molecular weight is 526 g/mol. The molecule has 0 aliphatic carbocycles. The molecule has 0 heterocycles. The maximum absolute atomic E-state index is 12.1. The lowest BCUT2D eigenvalue weighted by Crippen LogP contribution is -2.40. The second-order valence-electron chi connectivity index (χ2n) is 7.70. The number of carbonyl (C=O) groups is 4. The number of alkyl carbamates (subject to hydrolysis) is 1. The number of carboxylic acid groups (broad SMARTS) is 1. The second kappa shape index (κ2) is 15.8. The van der Waals surface area contributed by atoms with Crippen molar-refractivity contribution in [1.82, 2.24) is 10.6 Å². The molecule has 2 aromatic carbocycles. The fourth-order valence-corrected chi connectivity index (χ4v) is 2.71. The van der Waals surface area contributed by atoms with Crippen molar-refractivity contribution in [3.05, 3.63) is 71.3 Å². The summed E-state index contributed by atoms with van der Waals surface area (Å²) in [6, 6.07) is 16.0. The van der Waals surface area contributed by atoms with E-state index in [-0.39, 0.29) is 24.8 Å². The largest absolute Gasteiger partial charge is 0.542 e. The molecule has 0 bridgehead atoms. The first-order chi connectivity index (χ1) is 17.4. The summed E-state index contributed by atoms with van der Waals surface area (Å²) < 4.78 is 36.7.